The van der Waals surface area contributed by atoms with Crippen LogP contribution >= 0.6 is 0 Å². The lowest BCUT2D eigenvalue weighted by atomic mass is 9.73. The van der Waals surface area contributed by atoms with Gasteiger partial charge in [-0.05, 0) is 30.6 Å². The van der Waals surface area contributed by atoms with Crippen molar-refractivity contribution in [1.82, 2.24) is 0 Å². The van der Waals surface area contributed by atoms with Crippen LogP contribution < -0.4 is 0 Å². The van der Waals surface area contributed by atoms with Gasteiger partial charge >= 0.3 is 0 Å². The Kier molecular flexibility index (Phi) is 5.25. The van der Waals surface area contributed by atoms with Crippen molar-refractivity contribution in [2.24, 2.45) is 17.8 Å². The minimum Gasteiger partial charge on any atom is -0.286 e. The molecule has 0 amide bonds. The van der Waals surface area contributed by atoms with Gasteiger partial charge in [-0.25, -0.2) is 0 Å². The molecule has 1 rings (SSSR count). The third-order valence-electron chi connectivity index (χ3n) is 3.85. The maximum Gasteiger partial charge on any atom is 0.264 e. The molecule has 1 aliphatic carbocycles. The first kappa shape index (κ1) is 14.0. The van der Waals surface area contributed by atoms with Crippen molar-refractivity contribution in [3.8, 4) is 0 Å². The largest absolute Gasteiger partial charge is 0.286 e. The van der Waals surface area contributed by atoms with E-state index in [1.807, 2.05) is 0 Å². The Morgan fingerprint density at radius 1 is 1.19 bits per heavy atom. The van der Waals surface area contributed by atoms with Gasteiger partial charge in [0.05, 0.1) is 5.75 Å². The summed E-state index contributed by atoms with van der Waals surface area (Å²) in [5.41, 5.74) is 0. The fraction of sp³-hybridized carbons (Fsp3) is 1.00. The summed E-state index contributed by atoms with van der Waals surface area (Å²) in [6.07, 6.45) is 6.55. The first-order valence-corrected chi connectivity index (χ1v) is 7.94. The molecule has 96 valence electrons. The summed E-state index contributed by atoms with van der Waals surface area (Å²) in [6.45, 7) is 4.61. The smallest absolute Gasteiger partial charge is 0.264 e. The summed E-state index contributed by atoms with van der Waals surface area (Å²) < 4.78 is 29.7. The highest BCUT2D eigenvalue weighted by Gasteiger charge is 2.24. The molecule has 1 fully saturated rings. The van der Waals surface area contributed by atoms with E-state index < -0.39 is 10.1 Å². The zero-order valence-corrected chi connectivity index (χ0v) is 11.2. The van der Waals surface area contributed by atoms with Crippen LogP contribution in [0, 0.1) is 17.8 Å². The molecule has 4 heteroatoms. The summed E-state index contributed by atoms with van der Waals surface area (Å²) in [4.78, 5) is 0. The fourth-order valence-electron chi connectivity index (χ4n) is 2.74. The second-order valence-electron chi connectivity index (χ2n) is 5.44. The van der Waals surface area contributed by atoms with Crippen molar-refractivity contribution in [3.63, 3.8) is 0 Å². The van der Waals surface area contributed by atoms with Gasteiger partial charge in [-0.2, -0.15) is 8.42 Å². The number of hydrogen-bond acceptors (Lipinski definition) is 2. The van der Waals surface area contributed by atoms with E-state index in [2.05, 4.69) is 13.8 Å². The molecule has 0 spiro atoms. The fourth-order valence-corrected chi connectivity index (χ4v) is 3.31. The zero-order chi connectivity index (χ0) is 12.2. The van der Waals surface area contributed by atoms with Crippen molar-refractivity contribution in [3.05, 3.63) is 0 Å². The molecular formula is C12H24O3S. The molecule has 0 aromatic heterocycles. The van der Waals surface area contributed by atoms with E-state index in [1.54, 1.807) is 0 Å². The Labute approximate surface area is 99.4 Å². The highest BCUT2D eigenvalue weighted by Crippen LogP contribution is 2.36. The Bertz CT molecular complexity index is 297. The Morgan fingerprint density at radius 3 is 2.50 bits per heavy atom. The van der Waals surface area contributed by atoms with Gasteiger partial charge in [0.25, 0.3) is 10.1 Å². The molecular weight excluding hydrogens is 224 g/mol. The molecule has 1 saturated carbocycles. The lowest BCUT2D eigenvalue weighted by Gasteiger charge is -2.32. The number of unbranched alkanes of at least 4 members (excludes halogenated alkanes) is 1. The van der Waals surface area contributed by atoms with Crippen molar-refractivity contribution < 1.29 is 13.0 Å². The Balaban J connectivity index is 2.21. The van der Waals surface area contributed by atoms with Gasteiger partial charge in [0, 0.05) is 0 Å². The third-order valence-corrected chi connectivity index (χ3v) is 4.66. The Morgan fingerprint density at radius 2 is 1.88 bits per heavy atom. The van der Waals surface area contributed by atoms with Gasteiger partial charge in [-0.15, -0.1) is 0 Å². The first-order chi connectivity index (χ1) is 7.38. The molecule has 1 N–H and O–H groups in total. The van der Waals surface area contributed by atoms with Gasteiger partial charge in [-0.3, -0.25) is 4.55 Å². The van der Waals surface area contributed by atoms with E-state index in [0.717, 1.165) is 30.6 Å². The molecule has 0 unspecified atom stereocenters. The highest BCUT2D eigenvalue weighted by atomic mass is 32.2. The van der Waals surface area contributed by atoms with Crippen LogP contribution in [0.2, 0.25) is 0 Å². The average molecular weight is 248 g/mol. The van der Waals surface area contributed by atoms with E-state index in [1.165, 1.54) is 19.3 Å². The van der Waals surface area contributed by atoms with E-state index in [9.17, 15) is 8.42 Å². The van der Waals surface area contributed by atoms with Gasteiger partial charge in [-0.1, -0.05) is 39.5 Å². The third kappa shape index (κ3) is 5.30. The van der Waals surface area contributed by atoms with Crippen LogP contribution in [0.4, 0.5) is 0 Å². The summed E-state index contributed by atoms with van der Waals surface area (Å²) >= 11 is 0. The lowest BCUT2D eigenvalue weighted by Crippen LogP contribution is -2.21. The standard InChI is InChI=1S/C12H24O3S/c1-10-6-7-11(2)12(9-10)5-3-4-8-16(13,14)15/h10-12H,3-9H2,1-2H3,(H,13,14,15)/t10-,11+,12+/m0/s1. The van der Waals surface area contributed by atoms with E-state index in [0.29, 0.717) is 6.42 Å². The molecule has 3 atom stereocenters. The average Bonchev–Trinajstić information content (AvgIpc) is 2.16. The van der Waals surface area contributed by atoms with E-state index >= 15 is 0 Å². The highest BCUT2D eigenvalue weighted by molar-refractivity contribution is 7.85. The quantitative estimate of drug-likeness (QED) is 0.601. The van der Waals surface area contributed by atoms with Crippen molar-refractivity contribution in [2.75, 3.05) is 5.75 Å². The van der Waals surface area contributed by atoms with Crippen molar-refractivity contribution in [2.45, 2.75) is 52.4 Å². The van der Waals surface area contributed by atoms with Gasteiger partial charge < -0.3 is 0 Å². The molecule has 0 bridgehead atoms. The summed E-state index contributed by atoms with van der Waals surface area (Å²) in [6, 6.07) is 0. The maximum absolute atomic E-state index is 10.6. The van der Waals surface area contributed by atoms with Crippen LogP contribution in [0.3, 0.4) is 0 Å². The maximum atomic E-state index is 10.6. The molecule has 3 nitrogen and oxygen atoms in total. The second kappa shape index (κ2) is 6.01. The van der Waals surface area contributed by atoms with E-state index in [-0.39, 0.29) is 5.75 Å². The number of rotatable bonds is 5. The minimum atomic E-state index is -3.75. The molecule has 1 aliphatic rings. The first-order valence-electron chi connectivity index (χ1n) is 6.33. The van der Waals surface area contributed by atoms with Crippen molar-refractivity contribution >= 4 is 10.1 Å². The molecule has 16 heavy (non-hydrogen) atoms. The van der Waals surface area contributed by atoms with Gasteiger partial charge in [0.15, 0.2) is 0 Å². The van der Waals surface area contributed by atoms with Crippen molar-refractivity contribution in [1.29, 1.82) is 0 Å². The summed E-state index contributed by atoms with van der Waals surface area (Å²) in [5.74, 6) is 2.28. The summed E-state index contributed by atoms with van der Waals surface area (Å²) in [5, 5.41) is 0. The minimum absolute atomic E-state index is 0.0797. The molecule has 0 aliphatic heterocycles. The predicted molar refractivity (Wildman–Crippen MR) is 65.9 cm³/mol. The molecule has 0 heterocycles. The van der Waals surface area contributed by atoms with Gasteiger partial charge in [0.1, 0.15) is 0 Å². The molecule has 0 radical (unpaired) electrons. The van der Waals surface area contributed by atoms with Crippen LogP contribution in [0.15, 0.2) is 0 Å². The number of hydrogen-bond donors (Lipinski definition) is 1. The van der Waals surface area contributed by atoms with E-state index in [4.69, 9.17) is 4.55 Å². The zero-order valence-electron chi connectivity index (χ0n) is 10.4. The Hall–Kier alpha value is -0.0900. The van der Waals surface area contributed by atoms with Crippen LogP contribution in [-0.2, 0) is 10.1 Å². The van der Waals surface area contributed by atoms with Crippen LogP contribution in [0.25, 0.3) is 0 Å². The SMILES string of the molecule is C[C@H]1CC[C@@H](C)[C@H](CCCCS(=O)(=O)O)C1. The molecule has 0 saturated heterocycles. The topological polar surface area (TPSA) is 54.4 Å². The molecule has 0 aromatic rings. The normalized spacial score (nSPS) is 31.6. The second-order valence-corrected chi connectivity index (χ2v) is 7.01. The lowest BCUT2D eigenvalue weighted by molar-refractivity contribution is 0.190. The van der Waals surface area contributed by atoms with Crippen LogP contribution in [0.5, 0.6) is 0 Å². The predicted octanol–water partition coefficient (Wildman–Crippen LogP) is 3.12. The van der Waals surface area contributed by atoms with Crippen LogP contribution in [-0.4, -0.2) is 18.7 Å². The van der Waals surface area contributed by atoms with Crippen LogP contribution in [0.1, 0.15) is 52.4 Å². The monoisotopic (exact) mass is 248 g/mol. The summed E-state index contributed by atoms with van der Waals surface area (Å²) in [7, 11) is -3.75. The van der Waals surface area contributed by atoms with Gasteiger partial charge in [0.2, 0.25) is 0 Å². The molecule has 0 aromatic carbocycles.